The van der Waals surface area contributed by atoms with Crippen LogP contribution in [-0.2, 0) is 11.8 Å². The Morgan fingerprint density at radius 2 is 2.00 bits per heavy atom. The number of nitrogens with one attached hydrogen (secondary N) is 1. The number of rotatable bonds is 3. The van der Waals surface area contributed by atoms with Crippen molar-refractivity contribution in [3.05, 3.63) is 36.0 Å². The summed E-state index contributed by atoms with van der Waals surface area (Å²) in [6, 6.07) is 1.99. The third-order valence-corrected chi connectivity index (χ3v) is 6.16. The molecule has 2 saturated heterocycles. The average molecular weight is 390 g/mol. The zero-order valence-electron chi connectivity index (χ0n) is 16.4. The molecule has 29 heavy (non-hydrogen) atoms. The summed E-state index contributed by atoms with van der Waals surface area (Å²) in [5.74, 6) is 0.949. The Balaban J connectivity index is 1.38. The van der Waals surface area contributed by atoms with E-state index in [1.807, 2.05) is 37.1 Å². The normalized spacial score (nSPS) is 23.9. The molecule has 0 radical (unpaired) electrons. The van der Waals surface area contributed by atoms with Gasteiger partial charge in [0.2, 0.25) is 5.95 Å². The lowest BCUT2D eigenvalue weighted by Gasteiger charge is -2.27. The van der Waals surface area contributed by atoms with Crippen molar-refractivity contribution in [1.82, 2.24) is 34.3 Å². The molecule has 0 spiro atoms. The van der Waals surface area contributed by atoms with Crippen molar-refractivity contribution in [1.29, 1.82) is 0 Å². The third-order valence-electron chi connectivity index (χ3n) is 6.16. The monoisotopic (exact) mass is 390 g/mol. The van der Waals surface area contributed by atoms with Crippen LogP contribution in [0.25, 0.3) is 16.7 Å². The fraction of sp³-hybridized carbons (Fsp3) is 0.450. The maximum absolute atomic E-state index is 6.02. The Kier molecular flexibility index (Phi) is 3.61. The Hall–Kier alpha value is -3.07. The number of ether oxygens (including phenoxy) is 1. The van der Waals surface area contributed by atoms with Gasteiger partial charge in [-0.05, 0) is 44.2 Å². The molecule has 1 N–H and O–H groups in total. The van der Waals surface area contributed by atoms with E-state index >= 15 is 0 Å². The van der Waals surface area contributed by atoms with E-state index < -0.39 is 0 Å². The lowest BCUT2D eigenvalue weighted by atomic mass is 9.92. The van der Waals surface area contributed by atoms with Crippen LogP contribution in [0.15, 0.2) is 24.8 Å². The number of fused-ring (bicyclic) bond motifs is 4. The first-order chi connectivity index (χ1) is 14.1. The van der Waals surface area contributed by atoms with Crippen LogP contribution in [0.5, 0.6) is 0 Å². The molecule has 2 unspecified atom stereocenters. The average Bonchev–Trinajstić information content (AvgIpc) is 3.39. The molecule has 4 aromatic rings. The molecule has 148 valence electrons. The molecular formula is C20H22N8O. The lowest BCUT2D eigenvalue weighted by molar-refractivity contribution is -0.00430. The second kappa shape index (κ2) is 6.21. The molecule has 0 saturated carbocycles. The zero-order chi connectivity index (χ0) is 19.5. The Morgan fingerprint density at radius 3 is 2.83 bits per heavy atom. The number of hydrogen-bond donors (Lipinski definition) is 1. The van der Waals surface area contributed by atoms with Gasteiger partial charge in [0.15, 0.2) is 5.65 Å². The first-order valence-electron chi connectivity index (χ1n) is 10.1. The first kappa shape index (κ1) is 16.8. The van der Waals surface area contributed by atoms with Crippen LogP contribution in [0.3, 0.4) is 0 Å². The first-order valence-corrected chi connectivity index (χ1v) is 10.1. The second-order valence-corrected chi connectivity index (χ2v) is 8.12. The van der Waals surface area contributed by atoms with Crippen LogP contribution < -0.4 is 5.32 Å². The van der Waals surface area contributed by atoms with Gasteiger partial charge in [-0.3, -0.25) is 4.68 Å². The summed E-state index contributed by atoms with van der Waals surface area (Å²) in [5, 5.41) is 12.4. The summed E-state index contributed by atoms with van der Waals surface area (Å²) in [4.78, 5) is 13.6. The number of aryl methyl sites for hydroxylation is 2. The molecule has 4 aromatic heterocycles. The largest absolute Gasteiger partial charge is 0.375 e. The van der Waals surface area contributed by atoms with E-state index in [-0.39, 0.29) is 0 Å². The molecule has 6 rings (SSSR count). The predicted molar refractivity (Wildman–Crippen MR) is 107 cm³/mol. The summed E-state index contributed by atoms with van der Waals surface area (Å²) in [6.45, 7) is 2.03. The number of anilines is 2. The molecule has 2 bridgehead atoms. The highest BCUT2D eigenvalue weighted by molar-refractivity contribution is 5.79. The van der Waals surface area contributed by atoms with Crippen LogP contribution in [0, 0.1) is 6.92 Å². The molecule has 0 amide bonds. The topological polar surface area (TPSA) is 95.1 Å². The van der Waals surface area contributed by atoms with Gasteiger partial charge < -0.3 is 10.1 Å². The van der Waals surface area contributed by atoms with Gasteiger partial charge in [0, 0.05) is 13.0 Å². The van der Waals surface area contributed by atoms with Crippen LogP contribution in [0.1, 0.15) is 42.9 Å². The molecule has 6 heterocycles. The fourth-order valence-corrected chi connectivity index (χ4v) is 4.69. The minimum Gasteiger partial charge on any atom is -0.375 e. The van der Waals surface area contributed by atoms with Crippen LogP contribution in [0.4, 0.5) is 11.6 Å². The maximum Gasteiger partial charge on any atom is 0.227 e. The van der Waals surface area contributed by atoms with Gasteiger partial charge >= 0.3 is 0 Å². The highest BCUT2D eigenvalue weighted by Gasteiger charge is 2.37. The Labute approximate surface area is 167 Å². The summed E-state index contributed by atoms with van der Waals surface area (Å²) >= 11 is 0. The third kappa shape index (κ3) is 2.76. The maximum atomic E-state index is 6.02. The molecule has 2 atom stereocenters. The standard InChI is InChI=1S/C20H22N8O/c1-11-5-17-22-10-23-28(17)9-15(11)24-20-21-8-16-19(25-20)18(26-27(16)2)12-6-13-3-4-14(7-12)29-13/h5,8-10,12-14H,3-4,6-7H2,1-2H3,(H,21,24,25). The van der Waals surface area contributed by atoms with Gasteiger partial charge in [-0.25, -0.2) is 19.5 Å². The number of nitrogens with zero attached hydrogens (tertiary/aromatic N) is 7. The summed E-state index contributed by atoms with van der Waals surface area (Å²) < 4.78 is 9.64. The van der Waals surface area contributed by atoms with Crippen LogP contribution in [-0.4, -0.2) is 46.6 Å². The van der Waals surface area contributed by atoms with Gasteiger partial charge in [-0.15, -0.1) is 0 Å². The van der Waals surface area contributed by atoms with Crippen molar-refractivity contribution in [3.8, 4) is 0 Å². The molecule has 0 aliphatic carbocycles. The van der Waals surface area contributed by atoms with E-state index in [1.165, 1.54) is 0 Å². The SMILES string of the molecule is Cc1cc2ncnn2cc1Nc1ncc2c(n1)c(C1CC3CCC(C1)O3)nn2C. The van der Waals surface area contributed by atoms with Crippen molar-refractivity contribution in [2.75, 3.05) is 5.32 Å². The number of aromatic nitrogens is 7. The molecular weight excluding hydrogens is 368 g/mol. The Bertz CT molecular complexity index is 1220. The smallest absolute Gasteiger partial charge is 0.227 e. The van der Waals surface area contributed by atoms with E-state index in [4.69, 9.17) is 14.8 Å². The highest BCUT2D eigenvalue weighted by Crippen LogP contribution is 2.42. The molecule has 2 aliphatic rings. The van der Waals surface area contributed by atoms with Gasteiger partial charge in [-0.1, -0.05) is 0 Å². The quantitative estimate of drug-likeness (QED) is 0.575. The van der Waals surface area contributed by atoms with E-state index in [9.17, 15) is 0 Å². The van der Waals surface area contributed by atoms with Crippen LogP contribution >= 0.6 is 0 Å². The highest BCUT2D eigenvalue weighted by atomic mass is 16.5. The predicted octanol–water partition coefficient (Wildman–Crippen LogP) is 2.88. The van der Waals surface area contributed by atoms with Crippen molar-refractivity contribution < 1.29 is 4.74 Å². The van der Waals surface area contributed by atoms with Crippen LogP contribution in [0.2, 0.25) is 0 Å². The van der Waals surface area contributed by atoms with Crippen molar-refractivity contribution >= 4 is 28.3 Å². The summed E-state index contributed by atoms with van der Waals surface area (Å²) in [5.41, 5.74) is 5.71. The molecule has 2 aliphatic heterocycles. The lowest BCUT2D eigenvalue weighted by Crippen LogP contribution is -2.24. The molecule has 2 fully saturated rings. The molecule has 9 heteroatoms. The molecule has 9 nitrogen and oxygen atoms in total. The fourth-order valence-electron chi connectivity index (χ4n) is 4.69. The second-order valence-electron chi connectivity index (χ2n) is 8.12. The van der Waals surface area contributed by atoms with Gasteiger partial charge in [0.05, 0.1) is 36.0 Å². The Morgan fingerprint density at radius 1 is 1.17 bits per heavy atom. The minimum atomic E-state index is 0.368. The molecule has 0 aromatic carbocycles. The zero-order valence-corrected chi connectivity index (χ0v) is 16.4. The summed E-state index contributed by atoms with van der Waals surface area (Å²) in [7, 11) is 1.96. The van der Waals surface area contributed by atoms with Gasteiger partial charge in [0.25, 0.3) is 0 Å². The van der Waals surface area contributed by atoms with Crippen molar-refractivity contribution in [2.24, 2.45) is 7.05 Å². The number of pyridine rings is 1. The minimum absolute atomic E-state index is 0.368. The van der Waals surface area contributed by atoms with E-state index in [1.54, 1.807) is 10.8 Å². The van der Waals surface area contributed by atoms with E-state index in [2.05, 4.69) is 20.4 Å². The van der Waals surface area contributed by atoms with Gasteiger partial charge in [-0.2, -0.15) is 10.2 Å². The van der Waals surface area contributed by atoms with Gasteiger partial charge in [0.1, 0.15) is 17.4 Å². The van der Waals surface area contributed by atoms with E-state index in [0.717, 1.165) is 59.3 Å². The van der Waals surface area contributed by atoms with Crippen molar-refractivity contribution in [3.63, 3.8) is 0 Å². The van der Waals surface area contributed by atoms with Crippen molar-refractivity contribution in [2.45, 2.75) is 50.7 Å². The van der Waals surface area contributed by atoms with E-state index in [0.29, 0.717) is 24.1 Å². The number of hydrogen-bond acceptors (Lipinski definition) is 7. The summed E-state index contributed by atoms with van der Waals surface area (Å²) in [6.07, 6.45) is 10.4.